The van der Waals surface area contributed by atoms with E-state index in [0.29, 0.717) is 6.42 Å². The predicted molar refractivity (Wildman–Crippen MR) is 74.5 cm³/mol. The van der Waals surface area contributed by atoms with Gasteiger partial charge in [-0.3, -0.25) is 0 Å². The van der Waals surface area contributed by atoms with Gasteiger partial charge in [-0.1, -0.05) is 0 Å². The molecule has 0 bridgehead atoms. The molecule has 1 aromatic rings. The van der Waals surface area contributed by atoms with E-state index >= 15 is 0 Å². The average Bonchev–Trinajstić information content (AvgIpc) is 2.37. The van der Waals surface area contributed by atoms with Crippen LogP contribution in [0.25, 0.3) is 0 Å². The number of halogens is 1. The van der Waals surface area contributed by atoms with Gasteiger partial charge in [-0.2, -0.15) is 0 Å². The first kappa shape index (κ1) is 14.3. The number of likely N-dealkylation sites (N-methyl/N-ethyl adjacent to an activating group) is 1. The molecule has 1 heterocycles. The van der Waals surface area contributed by atoms with Crippen molar-refractivity contribution in [1.82, 2.24) is 0 Å². The number of sulfone groups is 1. The normalized spacial score (nSPS) is 26.1. The van der Waals surface area contributed by atoms with Crippen LogP contribution in [0.4, 0.5) is 10.1 Å². The van der Waals surface area contributed by atoms with Gasteiger partial charge in [-0.05, 0) is 37.1 Å². The summed E-state index contributed by atoms with van der Waals surface area (Å²) in [5.41, 5.74) is 6.04. The zero-order chi connectivity index (χ0) is 14.1. The summed E-state index contributed by atoms with van der Waals surface area (Å²) in [6.07, 6.45) is 1.35. The van der Waals surface area contributed by atoms with Crippen LogP contribution in [0.3, 0.4) is 0 Å². The fourth-order valence-corrected chi connectivity index (χ4v) is 4.68. The SMILES string of the molecule is CN(c1ccc(F)cc1)C1(CN)CCCS(=O)(=O)C1. The van der Waals surface area contributed by atoms with E-state index in [1.807, 2.05) is 11.9 Å². The van der Waals surface area contributed by atoms with Gasteiger partial charge >= 0.3 is 0 Å². The molecule has 1 aliphatic rings. The van der Waals surface area contributed by atoms with Gasteiger partial charge < -0.3 is 10.6 Å². The van der Waals surface area contributed by atoms with E-state index in [-0.39, 0.29) is 23.9 Å². The molecule has 1 aromatic carbocycles. The molecule has 2 N–H and O–H groups in total. The Hall–Kier alpha value is -1.14. The second-order valence-corrected chi connectivity index (χ2v) is 7.34. The van der Waals surface area contributed by atoms with Gasteiger partial charge in [0.15, 0.2) is 9.84 Å². The van der Waals surface area contributed by atoms with Crippen molar-refractivity contribution in [2.24, 2.45) is 5.73 Å². The molecule has 1 fully saturated rings. The number of hydrogen-bond donors (Lipinski definition) is 1. The fraction of sp³-hybridized carbons (Fsp3) is 0.538. The number of benzene rings is 1. The summed E-state index contributed by atoms with van der Waals surface area (Å²) in [6, 6.07) is 6.03. The molecule has 19 heavy (non-hydrogen) atoms. The van der Waals surface area contributed by atoms with Crippen molar-refractivity contribution in [3.05, 3.63) is 30.1 Å². The van der Waals surface area contributed by atoms with Crippen LogP contribution in [0.2, 0.25) is 0 Å². The average molecular weight is 286 g/mol. The molecular formula is C13H19FN2O2S. The van der Waals surface area contributed by atoms with Crippen LogP contribution in [0, 0.1) is 5.82 Å². The first-order chi connectivity index (χ1) is 8.88. The molecule has 1 aliphatic heterocycles. The van der Waals surface area contributed by atoms with E-state index in [4.69, 9.17) is 5.73 Å². The van der Waals surface area contributed by atoms with E-state index in [1.165, 1.54) is 12.1 Å². The number of rotatable bonds is 3. The highest BCUT2D eigenvalue weighted by Gasteiger charge is 2.41. The highest BCUT2D eigenvalue weighted by molar-refractivity contribution is 7.91. The summed E-state index contributed by atoms with van der Waals surface area (Å²) in [5, 5.41) is 0. The third kappa shape index (κ3) is 2.90. The Morgan fingerprint density at radius 3 is 2.53 bits per heavy atom. The second-order valence-electron chi connectivity index (χ2n) is 5.16. The Labute approximate surface area is 113 Å². The lowest BCUT2D eigenvalue weighted by Crippen LogP contribution is -2.59. The molecule has 0 amide bonds. The summed E-state index contributed by atoms with van der Waals surface area (Å²) < 4.78 is 36.7. The zero-order valence-corrected chi connectivity index (χ0v) is 11.8. The summed E-state index contributed by atoms with van der Waals surface area (Å²) in [7, 11) is -1.24. The molecule has 6 heteroatoms. The Balaban J connectivity index is 2.33. The van der Waals surface area contributed by atoms with Crippen LogP contribution in [0.15, 0.2) is 24.3 Å². The van der Waals surface area contributed by atoms with Crippen molar-refractivity contribution >= 4 is 15.5 Å². The number of nitrogens with zero attached hydrogens (tertiary/aromatic N) is 1. The Kier molecular flexibility index (Phi) is 3.82. The molecule has 0 spiro atoms. The smallest absolute Gasteiger partial charge is 0.152 e. The highest BCUT2D eigenvalue weighted by Crippen LogP contribution is 2.31. The zero-order valence-electron chi connectivity index (χ0n) is 11.0. The van der Waals surface area contributed by atoms with Gasteiger partial charge in [0.2, 0.25) is 0 Å². The topological polar surface area (TPSA) is 63.4 Å². The molecule has 1 saturated heterocycles. The lowest BCUT2D eigenvalue weighted by molar-refractivity contribution is 0.398. The Morgan fingerprint density at radius 2 is 2.00 bits per heavy atom. The Bertz CT molecular complexity index is 544. The molecule has 0 aliphatic carbocycles. The van der Waals surface area contributed by atoms with Crippen molar-refractivity contribution < 1.29 is 12.8 Å². The number of hydrogen-bond acceptors (Lipinski definition) is 4. The van der Waals surface area contributed by atoms with Gasteiger partial charge in [0.25, 0.3) is 0 Å². The minimum Gasteiger partial charge on any atom is -0.367 e. The molecule has 1 atom stereocenters. The lowest BCUT2D eigenvalue weighted by atomic mass is 9.93. The van der Waals surface area contributed by atoms with Crippen LogP contribution in [0.5, 0.6) is 0 Å². The van der Waals surface area contributed by atoms with Gasteiger partial charge in [0.05, 0.1) is 17.0 Å². The van der Waals surface area contributed by atoms with Crippen LogP contribution < -0.4 is 10.6 Å². The Morgan fingerprint density at radius 1 is 1.37 bits per heavy atom. The van der Waals surface area contributed by atoms with E-state index < -0.39 is 15.4 Å². The molecule has 4 nitrogen and oxygen atoms in total. The van der Waals surface area contributed by atoms with Gasteiger partial charge in [0.1, 0.15) is 5.82 Å². The summed E-state index contributed by atoms with van der Waals surface area (Å²) in [5.74, 6) is -0.0219. The number of anilines is 1. The summed E-state index contributed by atoms with van der Waals surface area (Å²) >= 11 is 0. The van der Waals surface area contributed by atoms with Crippen LogP contribution >= 0.6 is 0 Å². The first-order valence-corrected chi connectivity index (χ1v) is 8.11. The predicted octanol–water partition coefficient (Wildman–Crippen LogP) is 1.17. The third-order valence-corrected chi connectivity index (χ3v) is 5.78. The van der Waals surface area contributed by atoms with Crippen molar-refractivity contribution in [1.29, 1.82) is 0 Å². The molecule has 2 rings (SSSR count). The van der Waals surface area contributed by atoms with Crippen molar-refractivity contribution in [2.45, 2.75) is 18.4 Å². The molecular weight excluding hydrogens is 267 g/mol. The molecule has 1 unspecified atom stereocenters. The van der Waals surface area contributed by atoms with Crippen molar-refractivity contribution in [2.75, 3.05) is 30.0 Å². The summed E-state index contributed by atoms with van der Waals surface area (Å²) in [4.78, 5) is 1.88. The maximum absolute atomic E-state index is 13.0. The number of nitrogens with two attached hydrogens (primary N) is 1. The van der Waals surface area contributed by atoms with Gasteiger partial charge in [0, 0.05) is 19.3 Å². The lowest BCUT2D eigenvalue weighted by Gasteiger charge is -2.44. The molecule has 0 aromatic heterocycles. The van der Waals surface area contributed by atoms with Crippen LogP contribution in [-0.4, -0.2) is 39.1 Å². The van der Waals surface area contributed by atoms with E-state index in [2.05, 4.69) is 0 Å². The van der Waals surface area contributed by atoms with E-state index in [0.717, 1.165) is 12.1 Å². The minimum absolute atomic E-state index is 0.0599. The maximum atomic E-state index is 13.0. The summed E-state index contributed by atoms with van der Waals surface area (Å²) in [6.45, 7) is 0.264. The largest absolute Gasteiger partial charge is 0.367 e. The van der Waals surface area contributed by atoms with Gasteiger partial charge in [-0.25, -0.2) is 12.8 Å². The fourth-order valence-electron chi connectivity index (χ4n) is 2.68. The molecule has 0 saturated carbocycles. The standard InChI is InChI=1S/C13H19FN2O2S/c1-16(12-5-3-11(14)4-6-12)13(9-15)7-2-8-19(17,18)10-13/h3-6H,2,7-10,15H2,1H3. The van der Waals surface area contributed by atoms with Gasteiger partial charge in [-0.15, -0.1) is 0 Å². The van der Waals surface area contributed by atoms with E-state index in [9.17, 15) is 12.8 Å². The second kappa shape index (κ2) is 5.09. The first-order valence-electron chi connectivity index (χ1n) is 6.28. The third-order valence-electron chi connectivity index (χ3n) is 3.89. The minimum atomic E-state index is -3.06. The van der Waals surface area contributed by atoms with Crippen molar-refractivity contribution in [3.8, 4) is 0 Å². The maximum Gasteiger partial charge on any atom is 0.152 e. The molecule has 106 valence electrons. The molecule has 0 radical (unpaired) electrons. The van der Waals surface area contributed by atoms with E-state index in [1.54, 1.807) is 12.1 Å². The van der Waals surface area contributed by atoms with Crippen LogP contribution in [0.1, 0.15) is 12.8 Å². The highest BCUT2D eigenvalue weighted by atomic mass is 32.2. The quantitative estimate of drug-likeness (QED) is 0.906. The van der Waals surface area contributed by atoms with Crippen LogP contribution in [-0.2, 0) is 9.84 Å². The monoisotopic (exact) mass is 286 g/mol. The van der Waals surface area contributed by atoms with Crippen molar-refractivity contribution in [3.63, 3.8) is 0 Å².